The van der Waals surface area contributed by atoms with Crippen molar-refractivity contribution in [3.63, 3.8) is 0 Å². The normalized spacial score (nSPS) is 11.4. The Hall–Kier alpha value is -2.51. The third kappa shape index (κ3) is 6.86. The predicted octanol–water partition coefficient (Wildman–Crippen LogP) is 2.20. The lowest BCUT2D eigenvalue weighted by molar-refractivity contribution is -0.122. The molecule has 2 amide bonds. The average molecular weight is 359 g/mol. The molecule has 6 nitrogen and oxygen atoms in total. The number of hydrogen-bond acceptors (Lipinski definition) is 5. The quantitative estimate of drug-likeness (QED) is 0.382. The summed E-state index contributed by atoms with van der Waals surface area (Å²) in [5.74, 6) is 5.85. The number of alkyl carbamates (subject to hydrolysis) is 1. The van der Waals surface area contributed by atoms with E-state index in [9.17, 15) is 9.59 Å². The minimum absolute atomic E-state index is 0.140. The van der Waals surface area contributed by atoms with Gasteiger partial charge < -0.3 is 10.1 Å². The SMILES string of the molecule is NNC(=O)[C@H](CSCc1ccccc1)NC(=O)OCc1ccccc1. The van der Waals surface area contributed by atoms with Crippen LogP contribution in [0.1, 0.15) is 11.1 Å². The Bertz CT molecular complexity index is 668. The highest BCUT2D eigenvalue weighted by atomic mass is 32.2. The summed E-state index contributed by atoms with van der Waals surface area (Å²) in [5.41, 5.74) is 4.09. The number of nitrogens with two attached hydrogens (primary N) is 1. The molecule has 0 aliphatic heterocycles. The summed E-state index contributed by atoms with van der Waals surface area (Å²) in [6.07, 6.45) is -0.655. The third-order valence-corrected chi connectivity index (χ3v) is 4.47. The second kappa shape index (κ2) is 10.4. The van der Waals surface area contributed by atoms with Crippen molar-refractivity contribution in [1.29, 1.82) is 0 Å². The molecule has 2 aromatic carbocycles. The van der Waals surface area contributed by atoms with Gasteiger partial charge in [0.15, 0.2) is 0 Å². The molecule has 0 saturated heterocycles. The van der Waals surface area contributed by atoms with E-state index in [0.717, 1.165) is 16.9 Å². The fourth-order valence-electron chi connectivity index (χ4n) is 2.06. The minimum atomic E-state index is -0.762. The zero-order valence-corrected chi connectivity index (χ0v) is 14.5. The molecule has 0 saturated carbocycles. The van der Waals surface area contributed by atoms with E-state index in [0.29, 0.717) is 5.75 Å². The Morgan fingerprint density at radius 2 is 1.60 bits per heavy atom. The molecule has 2 rings (SSSR count). The number of carbonyl (C=O) groups excluding carboxylic acids is 2. The van der Waals surface area contributed by atoms with Gasteiger partial charge in [0, 0.05) is 11.5 Å². The number of hydrogen-bond donors (Lipinski definition) is 3. The van der Waals surface area contributed by atoms with Gasteiger partial charge in [0.2, 0.25) is 0 Å². The van der Waals surface area contributed by atoms with Crippen molar-refractivity contribution in [3.8, 4) is 0 Å². The van der Waals surface area contributed by atoms with Crippen LogP contribution in [0.5, 0.6) is 0 Å². The summed E-state index contributed by atoms with van der Waals surface area (Å²) in [6, 6.07) is 18.4. The van der Waals surface area contributed by atoms with Crippen molar-refractivity contribution in [2.45, 2.75) is 18.4 Å². The Kier molecular flexibility index (Phi) is 7.81. The molecule has 0 bridgehead atoms. The molecule has 0 aliphatic rings. The topological polar surface area (TPSA) is 93.5 Å². The second-order valence-corrected chi connectivity index (χ2v) is 6.30. The smallest absolute Gasteiger partial charge is 0.408 e. The number of amides is 2. The standard InChI is InChI=1S/C18H21N3O3S/c19-21-17(22)16(13-25-12-15-9-5-2-6-10-15)20-18(23)24-11-14-7-3-1-4-8-14/h1-10,16H,11-13,19H2,(H,20,23)(H,21,22)/t16-/m0/s1. The van der Waals surface area contributed by atoms with Crippen LogP contribution in [0.2, 0.25) is 0 Å². The largest absolute Gasteiger partial charge is 0.445 e. The van der Waals surface area contributed by atoms with E-state index in [-0.39, 0.29) is 6.61 Å². The van der Waals surface area contributed by atoms with Crippen LogP contribution < -0.4 is 16.6 Å². The maximum Gasteiger partial charge on any atom is 0.408 e. The molecule has 0 radical (unpaired) electrons. The van der Waals surface area contributed by atoms with Gasteiger partial charge in [-0.1, -0.05) is 60.7 Å². The number of carbonyl (C=O) groups is 2. The van der Waals surface area contributed by atoms with Gasteiger partial charge in [-0.25, -0.2) is 10.6 Å². The molecule has 0 aliphatic carbocycles. The van der Waals surface area contributed by atoms with Gasteiger partial charge in [-0.05, 0) is 11.1 Å². The Morgan fingerprint density at radius 3 is 2.20 bits per heavy atom. The summed E-state index contributed by atoms with van der Waals surface area (Å²) in [4.78, 5) is 23.8. The van der Waals surface area contributed by atoms with Crippen LogP contribution in [0, 0.1) is 0 Å². The Morgan fingerprint density at radius 1 is 1.00 bits per heavy atom. The summed E-state index contributed by atoms with van der Waals surface area (Å²) in [7, 11) is 0. The molecule has 0 unspecified atom stereocenters. The first-order valence-electron chi connectivity index (χ1n) is 7.78. The van der Waals surface area contributed by atoms with Crippen molar-refractivity contribution in [3.05, 3.63) is 71.8 Å². The van der Waals surface area contributed by atoms with Crippen LogP contribution in [0.3, 0.4) is 0 Å². The molecular formula is C18H21N3O3S. The number of hydrazine groups is 1. The minimum Gasteiger partial charge on any atom is -0.445 e. The van der Waals surface area contributed by atoms with Crippen molar-refractivity contribution in [2.24, 2.45) is 5.84 Å². The number of benzene rings is 2. The monoisotopic (exact) mass is 359 g/mol. The van der Waals surface area contributed by atoms with Gasteiger partial charge in [0.05, 0.1) is 0 Å². The van der Waals surface area contributed by atoms with Crippen LogP contribution in [-0.2, 0) is 21.9 Å². The van der Waals surface area contributed by atoms with Gasteiger partial charge in [-0.3, -0.25) is 10.2 Å². The molecule has 1 atom stereocenters. The van der Waals surface area contributed by atoms with E-state index in [2.05, 4.69) is 10.7 Å². The molecule has 132 valence electrons. The first kappa shape index (κ1) is 18.8. The first-order chi connectivity index (χ1) is 12.2. The molecular weight excluding hydrogens is 338 g/mol. The van der Waals surface area contributed by atoms with Crippen molar-refractivity contribution >= 4 is 23.8 Å². The molecule has 4 N–H and O–H groups in total. The molecule has 0 aromatic heterocycles. The van der Waals surface area contributed by atoms with Gasteiger partial charge in [-0.15, -0.1) is 0 Å². The highest BCUT2D eigenvalue weighted by Crippen LogP contribution is 2.13. The lowest BCUT2D eigenvalue weighted by Crippen LogP contribution is -2.50. The Labute approximate surface area is 151 Å². The zero-order chi connectivity index (χ0) is 17.9. The lowest BCUT2D eigenvalue weighted by Gasteiger charge is -2.16. The fraction of sp³-hybridized carbons (Fsp3) is 0.222. The maximum atomic E-state index is 11.9. The number of ether oxygens (including phenoxy) is 1. The van der Waals surface area contributed by atoms with Crippen molar-refractivity contribution in [2.75, 3.05) is 5.75 Å². The van der Waals surface area contributed by atoms with E-state index in [1.54, 1.807) is 0 Å². The fourth-order valence-corrected chi connectivity index (χ4v) is 3.08. The maximum absolute atomic E-state index is 11.9. The summed E-state index contributed by atoms with van der Waals surface area (Å²) < 4.78 is 5.14. The molecule has 25 heavy (non-hydrogen) atoms. The molecule has 0 heterocycles. The highest BCUT2D eigenvalue weighted by Gasteiger charge is 2.20. The van der Waals surface area contributed by atoms with E-state index >= 15 is 0 Å². The Balaban J connectivity index is 1.80. The third-order valence-electron chi connectivity index (χ3n) is 3.36. The van der Waals surface area contributed by atoms with Gasteiger partial charge in [0.1, 0.15) is 12.6 Å². The average Bonchev–Trinajstić information content (AvgIpc) is 2.66. The van der Waals surface area contributed by atoms with Crippen LogP contribution >= 0.6 is 11.8 Å². The molecule has 2 aromatic rings. The number of nitrogens with one attached hydrogen (secondary N) is 2. The summed E-state index contributed by atoms with van der Waals surface area (Å²) >= 11 is 1.53. The highest BCUT2D eigenvalue weighted by molar-refractivity contribution is 7.98. The predicted molar refractivity (Wildman–Crippen MR) is 98.5 cm³/mol. The first-order valence-corrected chi connectivity index (χ1v) is 8.94. The summed E-state index contributed by atoms with van der Waals surface area (Å²) in [6.45, 7) is 0.140. The van der Waals surface area contributed by atoms with E-state index < -0.39 is 18.0 Å². The van der Waals surface area contributed by atoms with Crippen LogP contribution in [0.15, 0.2) is 60.7 Å². The van der Waals surface area contributed by atoms with Crippen molar-refractivity contribution < 1.29 is 14.3 Å². The van der Waals surface area contributed by atoms with Gasteiger partial charge >= 0.3 is 6.09 Å². The second-order valence-electron chi connectivity index (χ2n) is 5.27. The van der Waals surface area contributed by atoms with Crippen molar-refractivity contribution in [1.82, 2.24) is 10.7 Å². The van der Waals surface area contributed by atoms with E-state index in [1.165, 1.54) is 11.8 Å². The lowest BCUT2D eigenvalue weighted by atomic mass is 10.2. The zero-order valence-electron chi connectivity index (χ0n) is 13.7. The molecule has 7 heteroatoms. The number of rotatable bonds is 8. The molecule has 0 fully saturated rings. The van der Waals surface area contributed by atoms with Crippen LogP contribution in [-0.4, -0.2) is 23.8 Å². The van der Waals surface area contributed by atoms with Gasteiger partial charge in [0.25, 0.3) is 5.91 Å². The number of thioether (sulfide) groups is 1. The van der Waals surface area contributed by atoms with Crippen LogP contribution in [0.25, 0.3) is 0 Å². The van der Waals surface area contributed by atoms with Gasteiger partial charge in [-0.2, -0.15) is 11.8 Å². The van der Waals surface area contributed by atoms with Crippen LogP contribution in [0.4, 0.5) is 4.79 Å². The van der Waals surface area contributed by atoms with E-state index in [1.807, 2.05) is 60.7 Å². The molecule has 0 spiro atoms. The summed E-state index contributed by atoms with van der Waals surface area (Å²) in [5, 5.41) is 2.55. The van der Waals surface area contributed by atoms with E-state index in [4.69, 9.17) is 10.6 Å².